The largest absolute Gasteiger partial charge is 0.385 e. The van der Waals surface area contributed by atoms with Gasteiger partial charge in [-0.15, -0.1) is 11.3 Å². The van der Waals surface area contributed by atoms with Crippen LogP contribution in [-0.4, -0.2) is 29.9 Å². The van der Waals surface area contributed by atoms with Crippen molar-refractivity contribution in [3.05, 3.63) is 77.1 Å². The molecule has 8 heteroatoms. The minimum atomic E-state index is -0.595. The van der Waals surface area contributed by atoms with E-state index in [2.05, 4.69) is 20.9 Å². The Morgan fingerprint density at radius 3 is 2.55 bits per heavy atom. The van der Waals surface area contributed by atoms with E-state index in [4.69, 9.17) is 0 Å². The topological polar surface area (TPSA) is 83.1 Å². The number of carbonyl (C=O) groups excluding carboxylic acids is 2. The summed E-state index contributed by atoms with van der Waals surface area (Å²) >= 11 is 1.19. The van der Waals surface area contributed by atoms with Gasteiger partial charge in [0, 0.05) is 24.2 Å². The predicted octanol–water partition coefficient (Wildman–Crippen LogP) is 3.70. The van der Waals surface area contributed by atoms with Crippen molar-refractivity contribution >= 4 is 34.0 Å². The molecule has 0 bridgehead atoms. The molecule has 0 saturated heterocycles. The van der Waals surface area contributed by atoms with Crippen molar-refractivity contribution < 1.29 is 14.0 Å². The van der Waals surface area contributed by atoms with Gasteiger partial charge in [-0.05, 0) is 30.7 Å². The van der Waals surface area contributed by atoms with Crippen LogP contribution in [0.3, 0.4) is 0 Å². The van der Waals surface area contributed by atoms with E-state index in [0.29, 0.717) is 17.4 Å². The smallest absolute Gasteiger partial charge is 0.260 e. The molecule has 6 nitrogen and oxygen atoms in total. The second-order valence-corrected chi connectivity index (χ2v) is 7.11. The fourth-order valence-electron chi connectivity index (χ4n) is 2.59. The third-order valence-electron chi connectivity index (χ3n) is 4.01. The van der Waals surface area contributed by atoms with E-state index >= 15 is 0 Å². The van der Waals surface area contributed by atoms with Crippen LogP contribution in [-0.2, 0) is 11.2 Å². The Morgan fingerprint density at radius 2 is 1.76 bits per heavy atom. The van der Waals surface area contributed by atoms with Crippen LogP contribution in [0.25, 0.3) is 0 Å². The molecule has 0 saturated carbocycles. The fourth-order valence-corrected chi connectivity index (χ4v) is 3.29. The molecule has 3 aromatic rings. The normalized spacial score (nSPS) is 10.4. The lowest BCUT2D eigenvalue weighted by molar-refractivity contribution is -0.120. The average Bonchev–Trinajstić information content (AvgIpc) is 3.15. The van der Waals surface area contributed by atoms with Gasteiger partial charge in [0.2, 0.25) is 5.91 Å². The molecule has 1 heterocycles. The molecule has 150 valence electrons. The molecule has 2 aromatic carbocycles. The van der Waals surface area contributed by atoms with Gasteiger partial charge in [-0.25, -0.2) is 9.37 Å². The number of halogens is 1. The number of para-hydroxylation sites is 1. The summed E-state index contributed by atoms with van der Waals surface area (Å²) in [6.07, 6.45) is 0.916. The minimum absolute atomic E-state index is 0.0499. The Kier molecular flexibility index (Phi) is 7.29. The first kappa shape index (κ1) is 20.5. The van der Waals surface area contributed by atoms with E-state index in [1.54, 1.807) is 11.4 Å². The molecule has 0 spiro atoms. The highest BCUT2D eigenvalue weighted by Crippen LogP contribution is 2.17. The van der Waals surface area contributed by atoms with Gasteiger partial charge in [-0.1, -0.05) is 30.3 Å². The van der Waals surface area contributed by atoms with Crippen molar-refractivity contribution in [1.82, 2.24) is 10.3 Å². The van der Waals surface area contributed by atoms with Gasteiger partial charge >= 0.3 is 0 Å². The Labute approximate surface area is 172 Å². The predicted molar refractivity (Wildman–Crippen MR) is 113 cm³/mol. The maximum atomic E-state index is 13.7. The van der Waals surface area contributed by atoms with Crippen LogP contribution < -0.4 is 16.0 Å². The number of thiazole rings is 1. The molecule has 29 heavy (non-hydrogen) atoms. The van der Waals surface area contributed by atoms with Gasteiger partial charge in [-0.2, -0.15) is 0 Å². The van der Waals surface area contributed by atoms with Gasteiger partial charge < -0.3 is 10.6 Å². The Balaban J connectivity index is 1.38. The van der Waals surface area contributed by atoms with Gasteiger partial charge in [0.05, 0.1) is 17.7 Å². The van der Waals surface area contributed by atoms with Crippen LogP contribution in [0.1, 0.15) is 22.5 Å². The zero-order valence-corrected chi connectivity index (χ0v) is 16.5. The van der Waals surface area contributed by atoms with Crippen LogP contribution in [0, 0.1) is 5.82 Å². The maximum absolute atomic E-state index is 13.7. The SMILES string of the molecule is O=C(Cc1csc(NC(=O)c2ccccc2F)n1)NCCCNc1ccccc1. The number of benzene rings is 2. The average molecular weight is 412 g/mol. The number of aromatic nitrogens is 1. The minimum Gasteiger partial charge on any atom is -0.385 e. The number of carbonyl (C=O) groups is 2. The highest BCUT2D eigenvalue weighted by Gasteiger charge is 2.13. The number of anilines is 2. The lowest BCUT2D eigenvalue weighted by Gasteiger charge is -2.07. The first-order chi connectivity index (χ1) is 14.1. The first-order valence-electron chi connectivity index (χ1n) is 9.18. The molecule has 3 N–H and O–H groups in total. The fraction of sp³-hybridized carbons (Fsp3) is 0.190. The molecule has 3 rings (SSSR count). The molecule has 0 aliphatic heterocycles. The quantitative estimate of drug-likeness (QED) is 0.468. The number of amides is 2. The zero-order valence-electron chi connectivity index (χ0n) is 15.7. The Morgan fingerprint density at radius 1 is 1.00 bits per heavy atom. The van der Waals surface area contributed by atoms with Crippen LogP contribution in [0.5, 0.6) is 0 Å². The third-order valence-corrected chi connectivity index (χ3v) is 4.82. The Bertz CT molecular complexity index is 962. The molecule has 2 amide bonds. The summed E-state index contributed by atoms with van der Waals surface area (Å²) in [6.45, 7) is 1.31. The molecule has 0 radical (unpaired) electrons. The van der Waals surface area contributed by atoms with E-state index in [9.17, 15) is 14.0 Å². The summed E-state index contributed by atoms with van der Waals surface area (Å²) in [7, 11) is 0. The van der Waals surface area contributed by atoms with E-state index in [-0.39, 0.29) is 17.9 Å². The molecular weight excluding hydrogens is 391 g/mol. The summed E-state index contributed by atoms with van der Waals surface area (Å²) in [6, 6.07) is 15.6. The lowest BCUT2D eigenvalue weighted by Crippen LogP contribution is -2.27. The van der Waals surface area contributed by atoms with E-state index < -0.39 is 11.7 Å². The lowest BCUT2D eigenvalue weighted by atomic mass is 10.2. The monoisotopic (exact) mass is 412 g/mol. The summed E-state index contributed by atoms with van der Waals surface area (Å²) < 4.78 is 13.7. The van der Waals surface area contributed by atoms with E-state index in [0.717, 1.165) is 18.7 Å². The van der Waals surface area contributed by atoms with Crippen molar-refractivity contribution in [3.63, 3.8) is 0 Å². The number of rotatable bonds is 9. The highest BCUT2D eigenvalue weighted by molar-refractivity contribution is 7.14. The van der Waals surface area contributed by atoms with Crippen molar-refractivity contribution in [1.29, 1.82) is 0 Å². The van der Waals surface area contributed by atoms with Crippen molar-refractivity contribution in [3.8, 4) is 0 Å². The van der Waals surface area contributed by atoms with E-state index in [1.807, 2.05) is 30.3 Å². The van der Waals surface area contributed by atoms with Crippen LogP contribution in [0.15, 0.2) is 60.0 Å². The molecule has 1 aromatic heterocycles. The van der Waals surface area contributed by atoms with Crippen LogP contribution in [0.4, 0.5) is 15.2 Å². The van der Waals surface area contributed by atoms with Gasteiger partial charge in [0.25, 0.3) is 5.91 Å². The van der Waals surface area contributed by atoms with Gasteiger partial charge in [-0.3, -0.25) is 14.9 Å². The summed E-state index contributed by atoms with van der Waals surface area (Å²) in [5.41, 5.74) is 1.55. The number of nitrogens with one attached hydrogen (secondary N) is 3. The van der Waals surface area contributed by atoms with E-state index in [1.165, 1.54) is 29.5 Å². The molecule has 0 fully saturated rings. The molecule has 0 atom stereocenters. The number of hydrogen-bond donors (Lipinski definition) is 3. The maximum Gasteiger partial charge on any atom is 0.260 e. The van der Waals surface area contributed by atoms with Crippen LogP contribution >= 0.6 is 11.3 Å². The zero-order chi connectivity index (χ0) is 20.5. The molecule has 0 unspecified atom stereocenters. The second kappa shape index (κ2) is 10.3. The molecular formula is C21H21FN4O2S. The van der Waals surface area contributed by atoms with Gasteiger partial charge in [0.15, 0.2) is 5.13 Å². The number of hydrogen-bond acceptors (Lipinski definition) is 5. The molecule has 0 aliphatic carbocycles. The van der Waals surface area contributed by atoms with Crippen molar-refractivity contribution in [2.24, 2.45) is 0 Å². The van der Waals surface area contributed by atoms with Crippen molar-refractivity contribution in [2.45, 2.75) is 12.8 Å². The standard InChI is InChI=1S/C21H21FN4O2S/c22-18-10-5-4-9-17(18)20(28)26-21-25-16(14-29-21)13-19(27)24-12-6-11-23-15-7-2-1-3-8-15/h1-5,7-10,14,23H,6,11-13H2,(H,24,27)(H,25,26,28). The van der Waals surface area contributed by atoms with Gasteiger partial charge in [0.1, 0.15) is 5.82 Å². The second-order valence-electron chi connectivity index (χ2n) is 6.25. The third kappa shape index (κ3) is 6.39. The summed E-state index contributed by atoms with van der Waals surface area (Å²) in [4.78, 5) is 28.4. The highest BCUT2D eigenvalue weighted by atomic mass is 32.1. The number of nitrogens with zero attached hydrogens (tertiary/aromatic N) is 1. The van der Waals surface area contributed by atoms with Crippen molar-refractivity contribution in [2.75, 3.05) is 23.7 Å². The summed E-state index contributed by atoms with van der Waals surface area (Å²) in [5, 5.41) is 10.7. The first-order valence-corrected chi connectivity index (χ1v) is 10.1. The Hall–Kier alpha value is -3.26. The molecule has 0 aliphatic rings. The van der Waals surface area contributed by atoms with Crippen LogP contribution in [0.2, 0.25) is 0 Å². The summed E-state index contributed by atoms with van der Waals surface area (Å²) in [5.74, 6) is -1.30.